The number of aromatic nitrogens is 4. The summed E-state index contributed by atoms with van der Waals surface area (Å²) in [7, 11) is 0. The van der Waals surface area contributed by atoms with Gasteiger partial charge in [0, 0.05) is 13.1 Å². The lowest BCUT2D eigenvalue weighted by atomic mass is 10.3. The first-order valence-corrected chi connectivity index (χ1v) is 3.86. The third-order valence-electron chi connectivity index (χ3n) is 1.51. The van der Waals surface area contributed by atoms with E-state index in [2.05, 4.69) is 25.7 Å². The monoisotopic (exact) mass is 193 g/mol. The van der Waals surface area contributed by atoms with Crippen LogP contribution in [0, 0.1) is 6.92 Å². The number of carbonyl (C=O) groups excluding carboxylic acids is 1. The molecule has 0 fully saturated rings. The minimum atomic E-state index is -0.345. The van der Waals surface area contributed by atoms with Gasteiger partial charge in [0.25, 0.3) is 5.91 Å². The second-order valence-electron chi connectivity index (χ2n) is 2.57. The molecule has 0 aromatic carbocycles. The fourth-order valence-electron chi connectivity index (χ4n) is 0.891. The van der Waals surface area contributed by atoms with Gasteiger partial charge >= 0.3 is 6.01 Å². The van der Waals surface area contributed by atoms with E-state index in [0.717, 1.165) is 0 Å². The van der Waals surface area contributed by atoms with Crippen LogP contribution in [-0.4, -0.2) is 26.3 Å². The molecule has 2 aromatic heterocycles. The molecule has 0 aliphatic rings. The van der Waals surface area contributed by atoms with Crippen LogP contribution in [-0.2, 0) is 0 Å². The molecule has 0 aliphatic heterocycles. The van der Waals surface area contributed by atoms with E-state index in [4.69, 9.17) is 4.42 Å². The van der Waals surface area contributed by atoms with Crippen LogP contribution in [0.1, 0.15) is 16.2 Å². The number of amides is 1. The van der Waals surface area contributed by atoms with E-state index >= 15 is 0 Å². The Morgan fingerprint density at radius 1 is 1.57 bits per heavy atom. The smallest absolute Gasteiger partial charge is 0.322 e. The normalized spacial score (nSPS) is 10.1. The first-order chi connectivity index (χ1) is 6.75. The summed E-state index contributed by atoms with van der Waals surface area (Å²) in [4.78, 5) is 11.4. The van der Waals surface area contributed by atoms with Crippen molar-refractivity contribution in [2.24, 2.45) is 0 Å². The summed E-state index contributed by atoms with van der Waals surface area (Å²) < 4.78 is 4.97. The topological polar surface area (TPSA) is 96.7 Å². The van der Waals surface area contributed by atoms with Crippen molar-refractivity contribution in [2.45, 2.75) is 6.92 Å². The molecule has 0 spiro atoms. The van der Waals surface area contributed by atoms with Crippen molar-refractivity contribution >= 4 is 11.9 Å². The number of nitrogens with one attached hydrogen (secondary N) is 2. The maximum absolute atomic E-state index is 11.4. The molecule has 7 heteroatoms. The van der Waals surface area contributed by atoms with Crippen LogP contribution in [0.15, 0.2) is 16.8 Å². The van der Waals surface area contributed by atoms with Gasteiger partial charge in [-0.3, -0.25) is 15.2 Å². The van der Waals surface area contributed by atoms with Crippen molar-refractivity contribution in [1.29, 1.82) is 0 Å². The maximum Gasteiger partial charge on any atom is 0.322 e. The number of anilines is 1. The molecule has 1 amide bonds. The minimum Gasteiger partial charge on any atom is -0.408 e. The highest BCUT2D eigenvalue weighted by atomic mass is 16.4. The van der Waals surface area contributed by atoms with Gasteiger partial charge in [-0.1, -0.05) is 5.10 Å². The number of H-pyrrole nitrogens is 1. The van der Waals surface area contributed by atoms with Crippen molar-refractivity contribution in [2.75, 3.05) is 5.32 Å². The van der Waals surface area contributed by atoms with Gasteiger partial charge in [0.15, 0.2) is 0 Å². The van der Waals surface area contributed by atoms with Crippen LogP contribution in [0.3, 0.4) is 0 Å². The highest BCUT2D eigenvalue weighted by Crippen LogP contribution is 2.05. The number of aromatic amines is 1. The van der Waals surface area contributed by atoms with Crippen LogP contribution < -0.4 is 5.32 Å². The molecular formula is C7H7N5O2. The molecule has 0 atom stereocenters. The average Bonchev–Trinajstić information content (AvgIpc) is 2.75. The lowest BCUT2D eigenvalue weighted by molar-refractivity contribution is 0.102. The summed E-state index contributed by atoms with van der Waals surface area (Å²) in [6.07, 6.45) is 2.87. The molecule has 2 N–H and O–H groups in total. The predicted octanol–water partition coefficient (Wildman–Crippen LogP) is 0.353. The van der Waals surface area contributed by atoms with Gasteiger partial charge in [-0.2, -0.15) is 5.10 Å². The number of carbonyl (C=O) groups is 1. The second-order valence-corrected chi connectivity index (χ2v) is 2.57. The standard InChI is InChI=1S/C7H7N5O2/c1-4-11-12-7(14-4)10-6(13)5-2-8-9-3-5/h2-3H,1H3,(H,8,9)(H,10,12,13). The Morgan fingerprint density at radius 2 is 2.43 bits per heavy atom. The van der Waals surface area contributed by atoms with Crippen molar-refractivity contribution in [1.82, 2.24) is 20.4 Å². The molecule has 72 valence electrons. The second kappa shape index (κ2) is 3.29. The van der Waals surface area contributed by atoms with E-state index in [9.17, 15) is 4.79 Å². The minimum absolute atomic E-state index is 0.0775. The van der Waals surface area contributed by atoms with Crippen molar-refractivity contribution in [3.63, 3.8) is 0 Å². The summed E-state index contributed by atoms with van der Waals surface area (Å²) in [5.41, 5.74) is 0.404. The molecule has 7 nitrogen and oxygen atoms in total. The van der Waals surface area contributed by atoms with Crippen LogP contribution in [0.5, 0.6) is 0 Å². The molecule has 0 bridgehead atoms. The zero-order valence-electron chi connectivity index (χ0n) is 7.31. The van der Waals surface area contributed by atoms with Crippen molar-refractivity contribution in [3.05, 3.63) is 23.8 Å². The molecule has 2 aromatic rings. The van der Waals surface area contributed by atoms with Crippen molar-refractivity contribution in [3.8, 4) is 0 Å². The number of nitrogens with zero attached hydrogens (tertiary/aromatic N) is 3. The van der Waals surface area contributed by atoms with E-state index in [1.807, 2.05) is 0 Å². The fourth-order valence-corrected chi connectivity index (χ4v) is 0.891. The van der Waals surface area contributed by atoms with Crippen LogP contribution in [0.2, 0.25) is 0 Å². The molecular weight excluding hydrogens is 186 g/mol. The Hall–Kier alpha value is -2.18. The fraction of sp³-hybridized carbons (Fsp3) is 0.143. The third-order valence-corrected chi connectivity index (χ3v) is 1.51. The van der Waals surface area contributed by atoms with Gasteiger partial charge < -0.3 is 4.42 Å². The summed E-state index contributed by atoms with van der Waals surface area (Å²) in [6, 6.07) is 0.0775. The summed E-state index contributed by atoms with van der Waals surface area (Å²) in [5.74, 6) is 0.0508. The summed E-state index contributed by atoms with van der Waals surface area (Å²) >= 11 is 0. The Morgan fingerprint density at radius 3 is 3.00 bits per heavy atom. The van der Waals surface area contributed by atoms with Gasteiger partial charge in [0.1, 0.15) is 0 Å². The SMILES string of the molecule is Cc1nnc(NC(=O)c2cn[nH]c2)o1. The Labute approximate surface area is 78.5 Å². The Kier molecular flexibility index (Phi) is 1.98. The lowest BCUT2D eigenvalue weighted by Gasteiger charge is -1.94. The highest BCUT2D eigenvalue weighted by Gasteiger charge is 2.10. The molecule has 0 unspecified atom stereocenters. The first-order valence-electron chi connectivity index (χ1n) is 3.86. The first kappa shape index (κ1) is 8.42. The molecule has 0 saturated carbocycles. The predicted molar refractivity (Wildman–Crippen MR) is 45.6 cm³/mol. The summed E-state index contributed by atoms with van der Waals surface area (Å²) in [6.45, 7) is 1.64. The van der Waals surface area contributed by atoms with Crippen LogP contribution >= 0.6 is 0 Å². The number of rotatable bonds is 2. The van der Waals surface area contributed by atoms with E-state index in [1.165, 1.54) is 12.4 Å². The molecule has 2 heterocycles. The Balaban J connectivity index is 2.09. The summed E-state index contributed by atoms with van der Waals surface area (Å²) in [5, 5.41) is 15.8. The number of aryl methyl sites for hydroxylation is 1. The van der Waals surface area contributed by atoms with Gasteiger partial charge in [0.2, 0.25) is 5.89 Å². The molecule has 0 aliphatic carbocycles. The van der Waals surface area contributed by atoms with Gasteiger partial charge in [0.05, 0.1) is 11.8 Å². The van der Waals surface area contributed by atoms with Gasteiger partial charge in [-0.05, 0) is 0 Å². The average molecular weight is 193 g/mol. The van der Waals surface area contributed by atoms with Gasteiger partial charge in [-0.25, -0.2) is 0 Å². The number of hydrogen-bond acceptors (Lipinski definition) is 5. The highest BCUT2D eigenvalue weighted by molar-refractivity contribution is 6.02. The van der Waals surface area contributed by atoms with Gasteiger partial charge in [-0.15, -0.1) is 5.10 Å². The zero-order valence-corrected chi connectivity index (χ0v) is 7.31. The maximum atomic E-state index is 11.4. The van der Waals surface area contributed by atoms with Crippen LogP contribution in [0.4, 0.5) is 6.01 Å². The molecule has 0 saturated heterocycles. The van der Waals surface area contributed by atoms with E-state index < -0.39 is 0 Å². The number of hydrogen-bond donors (Lipinski definition) is 2. The van der Waals surface area contributed by atoms with E-state index in [1.54, 1.807) is 6.92 Å². The van der Waals surface area contributed by atoms with Crippen molar-refractivity contribution < 1.29 is 9.21 Å². The van der Waals surface area contributed by atoms with Crippen LogP contribution in [0.25, 0.3) is 0 Å². The largest absolute Gasteiger partial charge is 0.408 e. The zero-order chi connectivity index (χ0) is 9.97. The quantitative estimate of drug-likeness (QED) is 0.717. The molecule has 14 heavy (non-hydrogen) atoms. The van der Waals surface area contributed by atoms with E-state index in [0.29, 0.717) is 11.5 Å². The lowest BCUT2D eigenvalue weighted by Crippen LogP contribution is -2.11. The Bertz CT molecular complexity index is 433. The van der Waals surface area contributed by atoms with E-state index in [-0.39, 0.29) is 11.9 Å². The third kappa shape index (κ3) is 1.60. The molecule has 0 radical (unpaired) electrons. The molecule has 2 rings (SSSR count).